The Hall–Kier alpha value is -0.970. The van der Waals surface area contributed by atoms with Crippen molar-refractivity contribution >= 4 is 34.9 Å². The topological polar surface area (TPSA) is 61.4 Å². The number of halogens is 2. The van der Waals surface area contributed by atoms with Gasteiger partial charge in [-0.2, -0.15) is 0 Å². The first kappa shape index (κ1) is 14.4. The third kappa shape index (κ3) is 4.27. The van der Waals surface area contributed by atoms with Crippen LogP contribution in [-0.2, 0) is 0 Å². The van der Waals surface area contributed by atoms with Crippen LogP contribution in [0.2, 0.25) is 10.0 Å². The van der Waals surface area contributed by atoms with Crippen molar-refractivity contribution in [1.29, 1.82) is 0 Å². The number of aliphatic hydroxyl groups excluding tert-OH is 1. The predicted molar refractivity (Wildman–Crippen MR) is 76.9 cm³/mol. The molecule has 1 aliphatic rings. The number of urea groups is 1. The van der Waals surface area contributed by atoms with E-state index < -0.39 is 0 Å². The van der Waals surface area contributed by atoms with E-state index in [-0.39, 0.29) is 18.2 Å². The molecule has 0 radical (unpaired) electrons. The molecule has 1 saturated carbocycles. The van der Waals surface area contributed by atoms with Gasteiger partial charge in [0, 0.05) is 11.1 Å². The lowest BCUT2D eigenvalue weighted by Crippen LogP contribution is -2.40. The first-order chi connectivity index (χ1) is 9.04. The second-order valence-corrected chi connectivity index (χ2v) is 5.57. The zero-order valence-corrected chi connectivity index (χ0v) is 11.8. The van der Waals surface area contributed by atoms with Gasteiger partial charge < -0.3 is 15.7 Å². The first-order valence-electron chi connectivity index (χ1n) is 6.25. The zero-order chi connectivity index (χ0) is 13.8. The average molecular weight is 303 g/mol. The highest BCUT2D eigenvalue weighted by Gasteiger charge is 2.20. The van der Waals surface area contributed by atoms with Gasteiger partial charge in [0.25, 0.3) is 0 Å². The maximum absolute atomic E-state index is 11.8. The normalized spacial score (nSPS) is 22.9. The summed E-state index contributed by atoms with van der Waals surface area (Å²) in [6.07, 6.45) is 2.82. The molecule has 2 amide bonds. The number of nitrogens with one attached hydrogen (secondary N) is 2. The molecule has 1 fully saturated rings. The highest BCUT2D eigenvalue weighted by Crippen LogP contribution is 2.25. The molecule has 1 aromatic carbocycles. The SMILES string of the molecule is O=C(Nc1ccc(Cl)cc1Cl)NC1CCC(O)CC1. The second-order valence-electron chi connectivity index (χ2n) is 4.73. The van der Waals surface area contributed by atoms with Crippen LogP contribution in [0.4, 0.5) is 10.5 Å². The van der Waals surface area contributed by atoms with Gasteiger partial charge in [-0.1, -0.05) is 23.2 Å². The summed E-state index contributed by atoms with van der Waals surface area (Å²) < 4.78 is 0. The van der Waals surface area contributed by atoms with Crippen molar-refractivity contribution in [3.05, 3.63) is 28.2 Å². The molecule has 0 spiro atoms. The quantitative estimate of drug-likeness (QED) is 0.784. The van der Waals surface area contributed by atoms with Gasteiger partial charge in [-0.25, -0.2) is 4.79 Å². The molecule has 3 N–H and O–H groups in total. The molecule has 104 valence electrons. The minimum Gasteiger partial charge on any atom is -0.393 e. The molecule has 1 aromatic rings. The number of hydrogen-bond acceptors (Lipinski definition) is 2. The van der Waals surface area contributed by atoms with Crippen LogP contribution >= 0.6 is 23.2 Å². The molecule has 2 rings (SSSR count). The Morgan fingerprint density at radius 3 is 2.53 bits per heavy atom. The highest BCUT2D eigenvalue weighted by molar-refractivity contribution is 6.36. The zero-order valence-electron chi connectivity index (χ0n) is 10.3. The summed E-state index contributed by atoms with van der Waals surface area (Å²) in [4.78, 5) is 11.8. The number of carbonyl (C=O) groups excluding carboxylic acids is 1. The van der Waals surface area contributed by atoms with Crippen LogP contribution in [0.25, 0.3) is 0 Å². The minimum atomic E-state index is -0.286. The Balaban J connectivity index is 1.87. The lowest BCUT2D eigenvalue weighted by atomic mass is 9.93. The number of aliphatic hydroxyl groups is 1. The molecular formula is C13H16Cl2N2O2. The Labute approximate surface area is 122 Å². The average Bonchev–Trinajstić information content (AvgIpc) is 2.36. The van der Waals surface area contributed by atoms with E-state index in [4.69, 9.17) is 23.2 Å². The largest absolute Gasteiger partial charge is 0.393 e. The summed E-state index contributed by atoms with van der Waals surface area (Å²) >= 11 is 11.8. The van der Waals surface area contributed by atoms with Crippen LogP contribution < -0.4 is 10.6 Å². The van der Waals surface area contributed by atoms with E-state index in [1.807, 2.05) is 0 Å². The maximum atomic E-state index is 11.8. The molecule has 6 heteroatoms. The van der Waals surface area contributed by atoms with Gasteiger partial charge in [-0.15, -0.1) is 0 Å². The summed E-state index contributed by atoms with van der Waals surface area (Å²) in [5.74, 6) is 0. The summed E-state index contributed by atoms with van der Waals surface area (Å²) in [6.45, 7) is 0. The number of amides is 2. The second kappa shape index (κ2) is 6.46. The van der Waals surface area contributed by atoms with Crippen LogP contribution in [0.15, 0.2) is 18.2 Å². The number of hydrogen-bond donors (Lipinski definition) is 3. The Bertz CT molecular complexity index is 460. The molecule has 0 atom stereocenters. The van der Waals surface area contributed by atoms with E-state index in [0.717, 1.165) is 25.7 Å². The third-order valence-electron chi connectivity index (χ3n) is 3.21. The molecule has 0 bridgehead atoms. The maximum Gasteiger partial charge on any atom is 0.319 e. The fraction of sp³-hybridized carbons (Fsp3) is 0.462. The van der Waals surface area contributed by atoms with Crippen LogP contribution in [0.1, 0.15) is 25.7 Å². The van der Waals surface area contributed by atoms with Crippen molar-refractivity contribution in [3.63, 3.8) is 0 Å². The van der Waals surface area contributed by atoms with Crippen molar-refractivity contribution in [2.24, 2.45) is 0 Å². The van der Waals surface area contributed by atoms with Crippen LogP contribution in [0, 0.1) is 0 Å². The molecular weight excluding hydrogens is 287 g/mol. The van der Waals surface area contributed by atoms with Crippen molar-refractivity contribution in [2.75, 3.05) is 5.32 Å². The Morgan fingerprint density at radius 1 is 1.21 bits per heavy atom. The monoisotopic (exact) mass is 302 g/mol. The fourth-order valence-corrected chi connectivity index (χ4v) is 2.61. The van der Waals surface area contributed by atoms with Gasteiger partial charge in [0.1, 0.15) is 0 Å². The summed E-state index contributed by atoms with van der Waals surface area (Å²) in [5.41, 5.74) is 0.527. The van der Waals surface area contributed by atoms with E-state index >= 15 is 0 Å². The first-order valence-corrected chi connectivity index (χ1v) is 7.01. The lowest BCUT2D eigenvalue weighted by Gasteiger charge is -2.26. The van der Waals surface area contributed by atoms with E-state index in [1.165, 1.54) is 0 Å². The molecule has 1 aliphatic carbocycles. The smallest absolute Gasteiger partial charge is 0.319 e. The molecule has 19 heavy (non-hydrogen) atoms. The van der Waals surface area contributed by atoms with Gasteiger partial charge in [0.15, 0.2) is 0 Å². The van der Waals surface area contributed by atoms with E-state index in [9.17, 15) is 9.90 Å². The van der Waals surface area contributed by atoms with Gasteiger partial charge in [-0.3, -0.25) is 0 Å². The molecule has 0 saturated heterocycles. The predicted octanol–water partition coefficient (Wildman–Crippen LogP) is 3.42. The summed E-state index contributed by atoms with van der Waals surface area (Å²) in [6, 6.07) is 4.73. The minimum absolute atomic E-state index is 0.106. The molecule has 0 aromatic heterocycles. The standard InChI is InChI=1S/C13H16Cl2N2O2/c14-8-1-6-12(11(15)7-8)17-13(19)16-9-2-4-10(18)5-3-9/h1,6-7,9-10,18H,2-5H2,(H2,16,17,19). The number of rotatable bonds is 2. The van der Waals surface area contributed by atoms with E-state index in [1.54, 1.807) is 18.2 Å². The lowest BCUT2D eigenvalue weighted by molar-refractivity contribution is 0.118. The molecule has 4 nitrogen and oxygen atoms in total. The molecule has 0 aliphatic heterocycles. The van der Waals surface area contributed by atoms with Gasteiger partial charge >= 0.3 is 6.03 Å². The number of carbonyl (C=O) groups is 1. The van der Waals surface area contributed by atoms with Crippen molar-refractivity contribution in [2.45, 2.75) is 37.8 Å². The van der Waals surface area contributed by atoms with Crippen LogP contribution in [0.5, 0.6) is 0 Å². The fourth-order valence-electron chi connectivity index (χ4n) is 2.15. The Kier molecular flexibility index (Phi) is 4.91. The third-order valence-corrected chi connectivity index (χ3v) is 3.76. The van der Waals surface area contributed by atoms with Crippen molar-refractivity contribution in [3.8, 4) is 0 Å². The van der Waals surface area contributed by atoms with Gasteiger partial charge in [-0.05, 0) is 43.9 Å². The Morgan fingerprint density at radius 2 is 1.89 bits per heavy atom. The van der Waals surface area contributed by atoms with Crippen molar-refractivity contribution in [1.82, 2.24) is 5.32 Å². The van der Waals surface area contributed by atoms with Crippen molar-refractivity contribution < 1.29 is 9.90 Å². The number of anilines is 1. The molecule has 0 unspecified atom stereocenters. The van der Waals surface area contributed by atoms with Gasteiger partial charge in [0.05, 0.1) is 16.8 Å². The van der Waals surface area contributed by atoms with E-state index in [2.05, 4.69) is 10.6 Å². The van der Waals surface area contributed by atoms with Crippen LogP contribution in [0.3, 0.4) is 0 Å². The van der Waals surface area contributed by atoms with Gasteiger partial charge in [0.2, 0.25) is 0 Å². The van der Waals surface area contributed by atoms with E-state index in [0.29, 0.717) is 15.7 Å². The summed E-state index contributed by atoms with van der Waals surface area (Å²) in [5, 5.41) is 15.9. The number of benzene rings is 1. The van der Waals surface area contributed by atoms with Crippen LogP contribution in [-0.4, -0.2) is 23.3 Å². The summed E-state index contributed by atoms with van der Waals surface area (Å²) in [7, 11) is 0. The molecule has 0 heterocycles. The highest BCUT2D eigenvalue weighted by atomic mass is 35.5.